The van der Waals surface area contributed by atoms with Crippen LogP contribution in [-0.4, -0.2) is 34.8 Å². The number of methoxy groups -OCH3 is 2. The van der Waals surface area contributed by atoms with Crippen molar-refractivity contribution >= 4 is 5.78 Å². The van der Waals surface area contributed by atoms with E-state index in [0.717, 1.165) is 53.5 Å². The second-order valence-corrected chi connectivity index (χ2v) is 7.65. The van der Waals surface area contributed by atoms with Crippen LogP contribution in [0.3, 0.4) is 0 Å². The molecule has 0 aliphatic heterocycles. The van der Waals surface area contributed by atoms with Crippen LogP contribution in [0.2, 0.25) is 0 Å². The van der Waals surface area contributed by atoms with Crippen LogP contribution in [-0.2, 0) is 19.4 Å². The normalized spacial score (nSPS) is 15.3. The van der Waals surface area contributed by atoms with Crippen LogP contribution in [0.1, 0.15) is 34.3 Å². The molecular formula is C24H24N4O3. The summed E-state index contributed by atoms with van der Waals surface area (Å²) in [7, 11) is 3.15. The third-order valence-electron chi connectivity index (χ3n) is 5.77. The number of carbonyl (C=O) groups excluding carboxylic acids is 1. The summed E-state index contributed by atoms with van der Waals surface area (Å²) < 4.78 is 12.2. The predicted molar refractivity (Wildman–Crippen MR) is 115 cm³/mol. The first-order valence-electron chi connectivity index (χ1n) is 10.3. The van der Waals surface area contributed by atoms with Gasteiger partial charge in [-0.2, -0.15) is 10.4 Å². The maximum Gasteiger partial charge on any atom is 0.256 e. The number of pyridine rings is 1. The lowest BCUT2D eigenvalue weighted by Gasteiger charge is -2.24. The van der Waals surface area contributed by atoms with Crippen LogP contribution >= 0.6 is 0 Å². The number of ketones is 1. The van der Waals surface area contributed by atoms with Crippen LogP contribution in [0.25, 0.3) is 11.1 Å². The largest absolute Gasteiger partial charge is 0.491 e. The van der Waals surface area contributed by atoms with Gasteiger partial charge < -0.3 is 9.47 Å². The van der Waals surface area contributed by atoms with Crippen LogP contribution in [0.4, 0.5) is 0 Å². The molecule has 0 radical (unpaired) electrons. The van der Waals surface area contributed by atoms with E-state index in [9.17, 15) is 4.79 Å². The lowest BCUT2D eigenvalue weighted by Crippen LogP contribution is -2.23. The van der Waals surface area contributed by atoms with E-state index in [-0.39, 0.29) is 18.2 Å². The first-order chi connectivity index (χ1) is 15.1. The van der Waals surface area contributed by atoms with Crippen molar-refractivity contribution in [2.45, 2.75) is 32.2 Å². The summed E-state index contributed by atoms with van der Waals surface area (Å²) in [6.45, 7) is 0.244. The molecule has 4 rings (SSSR count). The second kappa shape index (κ2) is 9.00. The van der Waals surface area contributed by atoms with Gasteiger partial charge >= 0.3 is 0 Å². The van der Waals surface area contributed by atoms with Crippen molar-refractivity contribution in [2.75, 3.05) is 14.2 Å². The van der Waals surface area contributed by atoms with E-state index in [2.05, 4.69) is 22.2 Å². The molecule has 0 saturated carbocycles. The molecule has 7 heteroatoms. The van der Waals surface area contributed by atoms with Crippen LogP contribution in [0.5, 0.6) is 11.6 Å². The molecule has 1 aliphatic carbocycles. The zero-order valence-electron chi connectivity index (χ0n) is 17.7. The summed E-state index contributed by atoms with van der Waals surface area (Å²) in [5.74, 6) is 1.25. The third kappa shape index (κ3) is 4.29. The number of nitrogens with zero attached hydrogens (tertiary/aromatic N) is 4. The van der Waals surface area contributed by atoms with Crippen molar-refractivity contribution in [1.29, 1.82) is 5.26 Å². The second-order valence-electron chi connectivity index (χ2n) is 7.65. The highest BCUT2D eigenvalue weighted by atomic mass is 16.5. The Balaban J connectivity index is 1.48. The molecule has 7 nitrogen and oxygen atoms in total. The Hall–Kier alpha value is -3.66. The van der Waals surface area contributed by atoms with Gasteiger partial charge in [-0.3, -0.25) is 9.48 Å². The van der Waals surface area contributed by atoms with Gasteiger partial charge in [0.1, 0.15) is 6.54 Å². The number of rotatable bonds is 7. The van der Waals surface area contributed by atoms with E-state index in [0.29, 0.717) is 11.6 Å². The summed E-state index contributed by atoms with van der Waals surface area (Å²) in [4.78, 5) is 17.4. The zero-order chi connectivity index (χ0) is 21.8. The highest BCUT2D eigenvalue weighted by Gasteiger charge is 2.27. The molecule has 1 unspecified atom stereocenters. The summed E-state index contributed by atoms with van der Waals surface area (Å²) in [6, 6.07) is 9.95. The molecule has 2 heterocycles. The van der Waals surface area contributed by atoms with E-state index in [1.54, 1.807) is 31.3 Å². The van der Waals surface area contributed by atoms with Crippen molar-refractivity contribution in [3.8, 4) is 28.8 Å². The summed E-state index contributed by atoms with van der Waals surface area (Å²) in [5, 5.41) is 12.9. The fourth-order valence-electron chi connectivity index (χ4n) is 4.10. The quantitative estimate of drug-likeness (QED) is 0.581. The summed E-state index contributed by atoms with van der Waals surface area (Å²) >= 11 is 0. The van der Waals surface area contributed by atoms with Gasteiger partial charge in [-0.05, 0) is 48.4 Å². The van der Waals surface area contributed by atoms with Crippen molar-refractivity contribution in [2.24, 2.45) is 5.92 Å². The number of aryl methyl sites for hydroxylation is 2. The summed E-state index contributed by atoms with van der Waals surface area (Å²) in [5.41, 5.74) is 4.88. The first kappa shape index (κ1) is 20.6. The van der Waals surface area contributed by atoms with Gasteiger partial charge in [0.15, 0.2) is 11.5 Å². The molecule has 0 spiro atoms. The number of hydrogen-bond donors (Lipinski definition) is 0. The Morgan fingerprint density at radius 2 is 2.06 bits per heavy atom. The number of fused-ring (bicyclic) bond motifs is 1. The minimum atomic E-state index is 0.0143. The van der Waals surface area contributed by atoms with E-state index in [4.69, 9.17) is 14.7 Å². The standard InChI is InChI=1S/C24H24N4O3/c1-30-22-12-20(14-26-24(22)31-2)18-7-8-21-19(11-18)6-5-17(23(21)29)4-3-16-13-27-28(15-16)10-9-25/h7-8,11-15,17H,3-6,10H2,1-2H3. The van der Waals surface area contributed by atoms with Gasteiger partial charge in [-0.25, -0.2) is 4.98 Å². The fourth-order valence-corrected chi connectivity index (χ4v) is 4.10. The average Bonchev–Trinajstić information content (AvgIpc) is 3.25. The van der Waals surface area contributed by atoms with Gasteiger partial charge in [-0.1, -0.05) is 18.2 Å². The van der Waals surface area contributed by atoms with Gasteiger partial charge in [-0.15, -0.1) is 0 Å². The van der Waals surface area contributed by atoms with Gasteiger partial charge in [0.2, 0.25) is 0 Å². The number of ether oxygens (including phenoxy) is 2. The molecule has 1 aliphatic rings. The number of aromatic nitrogens is 3. The third-order valence-corrected chi connectivity index (χ3v) is 5.77. The van der Waals surface area contributed by atoms with Crippen molar-refractivity contribution in [3.63, 3.8) is 0 Å². The van der Waals surface area contributed by atoms with Crippen molar-refractivity contribution in [3.05, 3.63) is 59.5 Å². The van der Waals surface area contributed by atoms with Gasteiger partial charge in [0, 0.05) is 29.4 Å². The molecular weight excluding hydrogens is 392 g/mol. The Labute approximate surface area is 181 Å². The number of carbonyl (C=O) groups is 1. The van der Waals surface area contributed by atoms with E-state index in [1.807, 2.05) is 24.4 Å². The summed E-state index contributed by atoms with van der Waals surface area (Å²) in [6.07, 6.45) is 8.70. The van der Waals surface area contributed by atoms with E-state index < -0.39 is 0 Å². The number of nitriles is 1. The fraction of sp³-hybridized carbons (Fsp3) is 0.333. The Kier molecular flexibility index (Phi) is 5.99. The van der Waals surface area contributed by atoms with E-state index >= 15 is 0 Å². The van der Waals surface area contributed by atoms with Crippen molar-refractivity contribution < 1.29 is 14.3 Å². The topological polar surface area (TPSA) is 90.0 Å². The Morgan fingerprint density at radius 3 is 2.84 bits per heavy atom. The number of hydrogen-bond acceptors (Lipinski definition) is 6. The van der Waals surface area contributed by atoms with Gasteiger partial charge in [0.25, 0.3) is 5.88 Å². The monoisotopic (exact) mass is 416 g/mol. The smallest absolute Gasteiger partial charge is 0.256 e. The molecule has 158 valence electrons. The molecule has 0 N–H and O–H groups in total. The minimum Gasteiger partial charge on any atom is -0.491 e. The average molecular weight is 416 g/mol. The zero-order valence-corrected chi connectivity index (χ0v) is 17.7. The van der Waals surface area contributed by atoms with Crippen LogP contribution < -0.4 is 9.47 Å². The Morgan fingerprint density at radius 1 is 1.19 bits per heavy atom. The molecule has 3 aromatic rings. The molecule has 1 atom stereocenters. The SMILES string of the molecule is COc1cc(-c2ccc3c(c2)CCC(CCc2cnn(CC#N)c2)C3=O)cnc1OC. The van der Waals surface area contributed by atoms with Gasteiger partial charge in [0.05, 0.1) is 26.5 Å². The molecule has 0 amide bonds. The molecule has 0 fully saturated rings. The molecule has 2 aromatic heterocycles. The highest BCUT2D eigenvalue weighted by molar-refractivity contribution is 6.00. The molecule has 0 saturated heterocycles. The maximum atomic E-state index is 13.1. The maximum absolute atomic E-state index is 13.1. The van der Waals surface area contributed by atoms with E-state index in [1.165, 1.54) is 0 Å². The predicted octanol–water partition coefficient (Wildman–Crippen LogP) is 3.86. The minimum absolute atomic E-state index is 0.0143. The first-order valence-corrected chi connectivity index (χ1v) is 10.3. The molecule has 31 heavy (non-hydrogen) atoms. The Bertz CT molecular complexity index is 1150. The van der Waals surface area contributed by atoms with Crippen molar-refractivity contribution in [1.82, 2.24) is 14.8 Å². The van der Waals surface area contributed by atoms with Crippen LogP contribution in [0.15, 0.2) is 42.9 Å². The lowest BCUT2D eigenvalue weighted by atomic mass is 9.79. The molecule has 0 bridgehead atoms. The van der Waals surface area contributed by atoms with Crippen LogP contribution in [0, 0.1) is 17.2 Å². The number of benzene rings is 1. The number of Topliss-reactive ketones (excluding diaryl/α,β-unsaturated/α-hetero) is 1. The molecule has 1 aromatic carbocycles. The highest BCUT2D eigenvalue weighted by Crippen LogP contribution is 2.34. The lowest BCUT2D eigenvalue weighted by molar-refractivity contribution is 0.0895.